The van der Waals surface area contributed by atoms with Crippen LogP contribution in [0.15, 0.2) is 60.8 Å². The standard InChI is InChI=1S/C21H19ClN2O3S/c1-3-10-24-20(25)18(23-21(24)28)12-14-4-9-19(26-2)15(11-14)13-27-17-7-5-16(22)6-8-17/h3-9,11-12H,1,10,13H2,2H3,(H,23,28)/b18-12+. The second-order valence-corrected chi connectivity index (χ2v) is 6.83. The highest BCUT2D eigenvalue weighted by molar-refractivity contribution is 7.80. The van der Waals surface area contributed by atoms with Crippen LogP contribution in [-0.2, 0) is 11.4 Å². The van der Waals surface area contributed by atoms with E-state index in [1.807, 2.05) is 18.2 Å². The second kappa shape index (κ2) is 8.91. The van der Waals surface area contributed by atoms with E-state index >= 15 is 0 Å². The zero-order valence-corrected chi connectivity index (χ0v) is 16.8. The summed E-state index contributed by atoms with van der Waals surface area (Å²) in [5.41, 5.74) is 2.10. The topological polar surface area (TPSA) is 50.8 Å². The number of nitrogens with one attached hydrogen (secondary N) is 1. The summed E-state index contributed by atoms with van der Waals surface area (Å²) in [5.74, 6) is 1.22. The Balaban J connectivity index is 1.80. The largest absolute Gasteiger partial charge is 0.496 e. The Morgan fingerprint density at radius 2 is 2.00 bits per heavy atom. The summed E-state index contributed by atoms with van der Waals surface area (Å²) in [7, 11) is 1.60. The summed E-state index contributed by atoms with van der Waals surface area (Å²) in [6.45, 7) is 4.32. The normalized spacial score (nSPS) is 14.9. The summed E-state index contributed by atoms with van der Waals surface area (Å²) in [5, 5.41) is 3.96. The second-order valence-electron chi connectivity index (χ2n) is 6.01. The number of ether oxygens (including phenoxy) is 2. The third-order valence-electron chi connectivity index (χ3n) is 4.10. The van der Waals surface area contributed by atoms with Crippen molar-refractivity contribution in [1.82, 2.24) is 10.2 Å². The van der Waals surface area contributed by atoms with E-state index in [2.05, 4.69) is 11.9 Å². The smallest absolute Gasteiger partial charge is 0.276 e. The lowest BCUT2D eigenvalue weighted by Crippen LogP contribution is -2.30. The van der Waals surface area contributed by atoms with E-state index in [-0.39, 0.29) is 5.91 Å². The van der Waals surface area contributed by atoms with Crippen LogP contribution in [-0.4, -0.2) is 29.6 Å². The minimum Gasteiger partial charge on any atom is -0.496 e. The summed E-state index contributed by atoms with van der Waals surface area (Å²) in [6.07, 6.45) is 3.39. The van der Waals surface area contributed by atoms with Gasteiger partial charge in [0.2, 0.25) is 0 Å². The average Bonchev–Trinajstić information content (AvgIpc) is 2.95. The molecule has 0 atom stereocenters. The Labute approximate surface area is 174 Å². The Morgan fingerprint density at radius 1 is 1.25 bits per heavy atom. The van der Waals surface area contributed by atoms with Gasteiger partial charge in [0.25, 0.3) is 5.91 Å². The molecule has 144 valence electrons. The highest BCUT2D eigenvalue weighted by Crippen LogP contribution is 2.24. The molecule has 1 amide bonds. The molecule has 1 N–H and O–H groups in total. The van der Waals surface area contributed by atoms with Crippen molar-refractivity contribution >= 4 is 40.9 Å². The Morgan fingerprint density at radius 3 is 2.68 bits per heavy atom. The molecule has 1 saturated heterocycles. The summed E-state index contributed by atoms with van der Waals surface area (Å²) < 4.78 is 11.2. The molecule has 5 nitrogen and oxygen atoms in total. The van der Waals surface area contributed by atoms with E-state index in [4.69, 9.17) is 33.3 Å². The van der Waals surface area contributed by atoms with Crippen molar-refractivity contribution < 1.29 is 14.3 Å². The molecular weight excluding hydrogens is 396 g/mol. The van der Waals surface area contributed by atoms with E-state index in [0.717, 1.165) is 11.1 Å². The van der Waals surface area contributed by atoms with Crippen molar-refractivity contribution in [2.45, 2.75) is 6.61 Å². The highest BCUT2D eigenvalue weighted by Gasteiger charge is 2.29. The average molecular weight is 415 g/mol. The van der Waals surface area contributed by atoms with E-state index in [1.54, 1.807) is 43.5 Å². The van der Waals surface area contributed by atoms with Crippen molar-refractivity contribution in [3.63, 3.8) is 0 Å². The number of amides is 1. The van der Waals surface area contributed by atoms with Gasteiger partial charge in [-0.1, -0.05) is 23.7 Å². The van der Waals surface area contributed by atoms with Gasteiger partial charge in [-0.25, -0.2) is 0 Å². The molecule has 1 fully saturated rings. The molecule has 0 unspecified atom stereocenters. The number of carbonyl (C=O) groups excluding carboxylic acids is 1. The fourth-order valence-corrected chi connectivity index (χ4v) is 3.12. The Hall–Kier alpha value is -2.83. The van der Waals surface area contributed by atoms with Crippen LogP contribution in [0.5, 0.6) is 11.5 Å². The first-order valence-electron chi connectivity index (χ1n) is 8.52. The zero-order chi connectivity index (χ0) is 20.1. The van der Waals surface area contributed by atoms with Gasteiger partial charge >= 0.3 is 0 Å². The lowest BCUT2D eigenvalue weighted by molar-refractivity contribution is -0.122. The molecule has 28 heavy (non-hydrogen) atoms. The van der Waals surface area contributed by atoms with Crippen molar-refractivity contribution in [3.8, 4) is 11.5 Å². The SMILES string of the molecule is C=CCN1C(=O)/C(=C\c2ccc(OC)c(COc3ccc(Cl)cc3)c2)NC1=S. The zero-order valence-electron chi connectivity index (χ0n) is 15.3. The Kier molecular flexibility index (Phi) is 6.34. The summed E-state index contributed by atoms with van der Waals surface area (Å²) >= 11 is 11.1. The predicted octanol–water partition coefficient (Wildman–Crippen LogP) is 4.17. The van der Waals surface area contributed by atoms with Crippen LogP contribution in [0.1, 0.15) is 11.1 Å². The number of thiocarbonyl (C=S) groups is 1. The number of rotatable bonds is 7. The maximum Gasteiger partial charge on any atom is 0.276 e. The molecule has 0 radical (unpaired) electrons. The lowest BCUT2D eigenvalue weighted by atomic mass is 10.1. The number of benzene rings is 2. The van der Waals surface area contributed by atoms with Gasteiger partial charge < -0.3 is 14.8 Å². The number of hydrogen-bond donors (Lipinski definition) is 1. The van der Waals surface area contributed by atoms with Crippen molar-refractivity contribution in [1.29, 1.82) is 0 Å². The molecule has 2 aromatic carbocycles. The first kappa shape index (κ1) is 19.9. The van der Waals surface area contributed by atoms with Gasteiger partial charge in [0, 0.05) is 17.1 Å². The number of nitrogens with zero attached hydrogens (tertiary/aromatic N) is 1. The lowest BCUT2D eigenvalue weighted by Gasteiger charge is -2.11. The predicted molar refractivity (Wildman–Crippen MR) is 114 cm³/mol. The van der Waals surface area contributed by atoms with Crippen LogP contribution in [0, 0.1) is 0 Å². The van der Waals surface area contributed by atoms with Crippen LogP contribution in [0.25, 0.3) is 6.08 Å². The highest BCUT2D eigenvalue weighted by atomic mass is 35.5. The molecule has 0 bridgehead atoms. The van der Waals surface area contributed by atoms with Gasteiger partial charge in [0.1, 0.15) is 23.8 Å². The molecule has 0 aliphatic carbocycles. The van der Waals surface area contributed by atoms with Gasteiger partial charge in [-0.3, -0.25) is 9.69 Å². The van der Waals surface area contributed by atoms with E-state index in [9.17, 15) is 4.79 Å². The van der Waals surface area contributed by atoms with Crippen LogP contribution in [0.3, 0.4) is 0 Å². The molecule has 3 rings (SSSR count). The van der Waals surface area contributed by atoms with Gasteiger partial charge in [-0.05, 0) is 60.3 Å². The van der Waals surface area contributed by atoms with E-state index in [0.29, 0.717) is 40.5 Å². The molecular formula is C21H19ClN2O3S. The maximum absolute atomic E-state index is 12.5. The molecule has 2 aromatic rings. The molecule has 1 aliphatic heterocycles. The number of halogens is 1. The molecule has 7 heteroatoms. The maximum atomic E-state index is 12.5. The van der Waals surface area contributed by atoms with E-state index < -0.39 is 0 Å². The fraction of sp³-hybridized carbons (Fsp3) is 0.143. The van der Waals surface area contributed by atoms with Crippen LogP contribution >= 0.6 is 23.8 Å². The van der Waals surface area contributed by atoms with Crippen LogP contribution in [0.2, 0.25) is 5.02 Å². The number of carbonyl (C=O) groups is 1. The van der Waals surface area contributed by atoms with E-state index in [1.165, 1.54) is 4.90 Å². The molecule has 1 aliphatic rings. The van der Waals surface area contributed by atoms with Crippen LogP contribution in [0.4, 0.5) is 0 Å². The number of methoxy groups -OCH3 is 1. The fourth-order valence-electron chi connectivity index (χ4n) is 2.73. The third-order valence-corrected chi connectivity index (χ3v) is 4.67. The third kappa shape index (κ3) is 4.52. The van der Waals surface area contributed by atoms with Crippen molar-refractivity contribution in [2.24, 2.45) is 0 Å². The monoisotopic (exact) mass is 414 g/mol. The molecule has 0 spiro atoms. The first-order chi connectivity index (χ1) is 13.5. The Bertz CT molecular complexity index is 941. The first-order valence-corrected chi connectivity index (χ1v) is 9.31. The minimum absolute atomic E-state index is 0.181. The van der Waals surface area contributed by atoms with Gasteiger partial charge in [-0.15, -0.1) is 6.58 Å². The number of hydrogen-bond acceptors (Lipinski definition) is 4. The van der Waals surface area contributed by atoms with Gasteiger partial charge in [-0.2, -0.15) is 0 Å². The molecule has 0 saturated carbocycles. The van der Waals surface area contributed by atoms with Crippen molar-refractivity contribution in [3.05, 3.63) is 77.0 Å². The van der Waals surface area contributed by atoms with Crippen LogP contribution < -0.4 is 14.8 Å². The summed E-state index contributed by atoms with van der Waals surface area (Å²) in [6, 6.07) is 12.8. The minimum atomic E-state index is -0.181. The van der Waals surface area contributed by atoms with Gasteiger partial charge in [0.15, 0.2) is 5.11 Å². The molecule has 1 heterocycles. The van der Waals surface area contributed by atoms with Crippen molar-refractivity contribution in [2.75, 3.05) is 13.7 Å². The quantitative estimate of drug-likeness (QED) is 0.418. The molecule has 0 aromatic heterocycles. The van der Waals surface area contributed by atoms with Gasteiger partial charge in [0.05, 0.1) is 7.11 Å². The summed E-state index contributed by atoms with van der Waals surface area (Å²) in [4.78, 5) is 13.9.